The van der Waals surface area contributed by atoms with Gasteiger partial charge < -0.3 is 0 Å². The summed E-state index contributed by atoms with van der Waals surface area (Å²) in [6.45, 7) is 0. The lowest BCUT2D eigenvalue weighted by Crippen LogP contribution is -2.01. The second-order valence-electron chi connectivity index (χ2n) is 16.6. The molecule has 0 atom stereocenters. The van der Waals surface area contributed by atoms with Gasteiger partial charge in [-0.15, -0.1) is 11.3 Å². The number of hydrogen-bond acceptors (Lipinski definition) is 4. The maximum absolute atomic E-state index is 5.36. The Balaban J connectivity index is 1.06. The summed E-state index contributed by atoms with van der Waals surface area (Å²) < 4.78 is 2.42. The first kappa shape index (κ1) is 37.3. The largest absolute Gasteiger partial charge is 0.208 e. The molecule has 2 heterocycles. The predicted molar refractivity (Wildman–Crippen MR) is 275 cm³/mol. The molecule has 0 aliphatic heterocycles. The number of hydrogen-bond donors (Lipinski definition) is 0. The number of thiophene rings is 1. The summed E-state index contributed by atoms with van der Waals surface area (Å²) in [6, 6.07) is 80.7. The Morgan fingerprint density at radius 1 is 0.246 bits per heavy atom. The van der Waals surface area contributed by atoms with Gasteiger partial charge in [-0.1, -0.05) is 206 Å². The molecule has 0 bridgehead atoms. The highest BCUT2D eigenvalue weighted by Crippen LogP contribution is 2.50. The van der Waals surface area contributed by atoms with Crippen LogP contribution in [0.25, 0.3) is 131 Å². The van der Waals surface area contributed by atoms with Gasteiger partial charge in [0.2, 0.25) is 0 Å². The van der Waals surface area contributed by atoms with Crippen molar-refractivity contribution in [1.29, 1.82) is 0 Å². The van der Waals surface area contributed by atoms with Crippen molar-refractivity contribution in [3.8, 4) is 67.5 Å². The lowest BCUT2D eigenvalue weighted by atomic mass is 9.81. The van der Waals surface area contributed by atoms with Gasteiger partial charge in [-0.2, -0.15) is 0 Å². The molecule has 0 saturated carbocycles. The molecule has 65 heavy (non-hydrogen) atoms. The van der Waals surface area contributed by atoms with Crippen LogP contribution < -0.4 is 0 Å². The van der Waals surface area contributed by atoms with Gasteiger partial charge in [0, 0.05) is 36.9 Å². The molecular weight excluding hydrogens is 807 g/mol. The highest BCUT2D eigenvalue weighted by Gasteiger charge is 2.23. The van der Waals surface area contributed by atoms with Crippen LogP contribution in [0.1, 0.15) is 0 Å². The maximum Gasteiger partial charge on any atom is 0.165 e. The first-order chi connectivity index (χ1) is 32.3. The fraction of sp³-hybridized carbons (Fsp3) is 0. The van der Waals surface area contributed by atoms with Crippen LogP contribution in [0.3, 0.4) is 0 Å². The summed E-state index contributed by atoms with van der Waals surface area (Å²) in [6.07, 6.45) is 0. The summed E-state index contributed by atoms with van der Waals surface area (Å²) in [4.78, 5) is 15.8. The van der Waals surface area contributed by atoms with E-state index in [1.807, 2.05) is 18.2 Å². The molecule has 2 aromatic heterocycles. The molecule has 11 aromatic carbocycles. The van der Waals surface area contributed by atoms with Crippen LogP contribution in [0.5, 0.6) is 0 Å². The van der Waals surface area contributed by atoms with Gasteiger partial charge >= 0.3 is 0 Å². The molecule has 0 aliphatic carbocycles. The summed E-state index contributed by atoms with van der Waals surface area (Å²) in [7, 11) is 0. The summed E-state index contributed by atoms with van der Waals surface area (Å²) >= 11 is 1.79. The van der Waals surface area contributed by atoms with E-state index in [4.69, 9.17) is 15.0 Å². The number of fused-ring (bicyclic) bond motifs is 7. The fourth-order valence-electron chi connectivity index (χ4n) is 10.1. The van der Waals surface area contributed by atoms with Gasteiger partial charge in [-0.3, -0.25) is 0 Å². The maximum atomic E-state index is 5.36. The molecule has 0 N–H and O–H groups in total. The summed E-state index contributed by atoms with van der Waals surface area (Å²) in [5, 5.41) is 12.0. The van der Waals surface area contributed by atoms with Gasteiger partial charge in [0.15, 0.2) is 17.5 Å². The first-order valence-corrected chi connectivity index (χ1v) is 22.8. The van der Waals surface area contributed by atoms with E-state index in [0.29, 0.717) is 17.5 Å². The Labute approximate surface area is 379 Å². The lowest BCUT2D eigenvalue weighted by Gasteiger charge is -2.22. The van der Waals surface area contributed by atoms with Crippen molar-refractivity contribution in [2.45, 2.75) is 0 Å². The monoisotopic (exact) mass is 843 g/mol. The Morgan fingerprint density at radius 3 is 1.42 bits per heavy atom. The van der Waals surface area contributed by atoms with E-state index >= 15 is 0 Å². The third-order valence-electron chi connectivity index (χ3n) is 12.9. The van der Waals surface area contributed by atoms with E-state index in [9.17, 15) is 0 Å². The van der Waals surface area contributed by atoms with Crippen molar-refractivity contribution in [1.82, 2.24) is 15.0 Å². The van der Waals surface area contributed by atoms with Crippen molar-refractivity contribution in [2.75, 3.05) is 0 Å². The summed E-state index contributed by atoms with van der Waals surface area (Å²) in [5.41, 5.74) is 10.2. The zero-order valence-electron chi connectivity index (χ0n) is 35.1. The minimum Gasteiger partial charge on any atom is -0.208 e. The number of nitrogens with zero attached hydrogens (tertiary/aromatic N) is 3. The van der Waals surface area contributed by atoms with Crippen molar-refractivity contribution in [2.24, 2.45) is 0 Å². The highest BCUT2D eigenvalue weighted by atomic mass is 32.1. The third-order valence-corrected chi connectivity index (χ3v) is 14.2. The van der Waals surface area contributed by atoms with Gasteiger partial charge in [-0.05, 0) is 94.7 Å². The van der Waals surface area contributed by atoms with E-state index in [2.05, 4.69) is 206 Å². The van der Waals surface area contributed by atoms with Crippen LogP contribution in [-0.2, 0) is 0 Å². The van der Waals surface area contributed by atoms with E-state index in [0.717, 1.165) is 33.0 Å². The molecule has 0 spiro atoms. The molecule has 0 aliphatic rings. The fourth-order valence-corrected chi connectivity index (χ4v) is 11.3. The molecule has 13 rings (SSSR count). The zero-order chi connectivity index (χ0) is 42.8. The van der Waals surface area contributed by atoms with Crippen molar-refractivity contribution < 1.29 is 0 Å². The molecule has 3 nitrogen and oxygen atoms in total. The molecule has 0 amide bonds. The van der Waals surface area contributed by atoms with Crippen LogP contribution in [0.2, 0.25) is 0 Å². The van der Waals surface area contributed by atoms with Gasteiger partial charge in [0.05, 0.1) is 0 Å². The lowest BCUT2D eigenvalue weighted by molar-refractivity contribution is 1.08. The van der Waals surface area contributed by atoms with E-state index in [-0.39, 0.29) is 0 Å². The molecule has 0 saturated heterocycles. The Bertz CT molecular complexity index is 3950. The smallest absolute Gasteiger partial charge is 0.165 e. The zero-order valence-corrected chi connectivity index (χ0v) is 35.9. The normalized spacial score (nSPS) is 11.7. The van der Waals surface area contributed by atoms with Crippen LogP contribution in [0.4, 0.5) is 0 Å². The third kappa shape index (κ3) is 6.07. The van der Waals surface area contributed by atoms with Crippen molar-refractivity contribution in [3.05, 3.63) is 224 Å². The molecule has 0 fully saturated rings. The van der Waals surface area contributed by atoms with E-state index in [1.165, 1.54) is 80.3 Å². The molecule has 302 valence electrons. The molecule has 13 aromatic rings. The number of rotatable bonds is 6. The van der Waals surface area contributed by atoms with E-state index in [1.54, 1.807) is 11.3 Å². The van der Waals surface area contributed by atoms with Crippen LogP contribution >= 0.6 is 11.3 Å². The quantitative estimate of drug-likeness (QED) is 0.157. The Kier molecular flexibility index (Phi) is 8.71. The average molecular weight is 844 g/mol. The molecule has 0 radical (unpaired) electrons. The molecule has 0 unspecified atom stereocenters. The second kappa shape index (κ2) is 15.2. The highest BCUT2D eigenvalue weighted by molar-refractivity contribution is 7.26. The van der Waals surface area contributed by atoms with Crippen LogP contribution in [0.15, 0.2) is 224 Å². The summed E-state index contributed by atoms with van der Waals surface area (Å²) in [5.74, 6) is 1.95. The average Bonchev–Trinajstić information content (AvgIpc) is 3.77. The second-order valence-corrected chi connectivity index (χ2v) is 17.6. The Morgan fingerprint density at radius 2 is 0.723 bits per heavy atom. The van der Waals surface area contributed by atoms with Gasteiger partial charge in [-0.25, -0.2) is 15.0 Å². The molecular formula is C61H37N3S. The minimum absolute atomic E-state index is 0.643. The van der Waals surface area contributed by atoms with Crippen LogP contribution in [-0.4, -0.2) is 15.0 Å². The topological polar surface area (TPSA) is 38.7 Å². The molecule has 4 heteroatoms. The number of benzene rings is 11. The predicted octanol–water partition coefficient (Wildman–Crippen LogP) is 16.9. The van der Waals surface area contributed by atoms with Crippen LogP contribution in [0, 0.1) is 0 Å². The van der Waals surface area contributed by atoms with Crippen molar-refractivity contribution in [3.63, 3.8) is 0 Å². The van der Waals surface area contributed by atoms with Gasteiger partial charge in [0.25, 0.3) is 0 Å². The Hall–Kier alpha value is -8.31. The number of aromatic nitrogens is 3. The van der Waals surface area contributed by atoms with Crippen molar-refractivity contribution >= 4 is 74.6 Å². The minimum atomic E-state index is 0.643. The van der Waals surface area contributed by atoms with Gasteiger partial charge in [0.1, 0.15) is 0 Å². The SMILES string of the molecule is c1ccc(-c2nc(-c3ccc(-c4c5ccccc5c(-c5c(-c6ccccc6)ccc6ccccc56)c5ccccc45)c4ccccc34)nc(-c3cccc4c3sc3ccccc34)n2)cc1. The first-order valence-electron chi connectivity index (χ1n) is 22.0. The standard InChI is InChI=1S/C61H37N3S/c1-3-18-38(19-4-1)42-35-34-39-20-7-8-23-41(39)56(42)57-48-29-13-11-27-46(48)55(47-28-12-14-30-49(47)57)50-36-37-52(44-25-10-9-24-43(44)50)60-62-59(40-21-5-2-6-22-40)63-61(64-60)53-32-17-31-51-45-26-15-16-33-54(45)65-58(51)53/h1-37H. The van der Waals surface area contributed by atoms with E-state index < -0.39 is 0 Å².